The highest BCUT2D eigenvalue weighted by Gasteiger charge is 2.17. The number of aryl methyl sites for hydroxylation is 1. The molecule has 0 radical (unpaired) electrons. The average molecular weight is 436 g/mol. The Morgan fingerprint density at radius 2 is 1.77 bits per heavy atom. The van der Waals surface area contributed by atoms with Crippen molar-refractivity contribution < 1.29 is 4.74 Å². The zero-order chi connectivity index (χ0) is 20.9. The highest BCUT2D eigenvalue weighted by Crippen LogP contribution is 2.31. The number of nitrogens with zero attached hydrogens (tertiary/aromatic N) is 3. The third-order valence-corrected chi connectivity index (χ3v) is 5.95. The van der Waals surface area contributed by atoms with Gasteiger partial charge in [0.25, 0.3) is 0 Å². The summed E-state index contributed by atoms with van der Waals surface area (Å²) in [6.07, 6.45) is 0. The second-order valence-corrected chi connectivity index (χ2v) is 8.17. The van der Waals surface area contributed by atoms with Gasteiger partial charge in [-0.05, 0) is 61.4 Å². The first-order valence-electron chi connectivity index (χ1n) is 9.77. The first kappa shape index (κ1) is 20.5. The molecule has 3 aromatic carbocycles. The predicted octanol–water partition coefficient (Wildman–Crippen LogP) is 6.59. The fraction of sp³-hybridized carbons (Fsp3) is 0.167. The van der Waals surface area contributed by atoms with E-state index < -0.39 is 0 Å². The Hall–Kier alpha value is -2.76. The van der Waals surface area contributed by atoms with E-state index in [2.05, 4.69) is 46.0 Å². The summed E-state index contributed by atoms with van der Waals surface area (Å²) in [5.74, 6) is 2.42. The fourth-order valence-electron chi connectivity index (χ4n) is 3.18. The lowest BCUT2D eigenvalue weighted by Gasteiger charge is -2.12. The maximum absolute atomic E-state index is 6.23. The van der Waals surface area contributed by atoms with Crippen LogP contribution in [0.15, 0.2) is 78.0 Å². The predicted molar refractivity (Wildman–Crippen MR) is 124 cm³/mol. The van der Waals surface area contributed by atoms with Crippen LogP contribution in [0.3, 0.4) is 0 Å². The van der Waals surface area contributed by atoms with Crippen molar-refractivity contribution in [1.82, 2.24) is 14.8 Å². The van der Waals surface area contributed by atoms with Gasteiger partial charge in [-0.15, -0.1) is 10.2 Å². The molecule has 0 aliphatic heterocycles. The van der Waals surface area contributed by atoms with Gasteiger partial charge in [0.1, 0.15) is 5.75 Å². The van der Waals surface area contributed by atoms with E-state index in [1.165, 1.54) is 11.1 Å². The van der Waals surface area contributed by atoms with Crippen LogP contribution >= 0.6 is 23.4 Å². The molecule has 1 aromatic heterocycles. The number of aromatic nitrogens is 3. The van der Waals surface area contributed by atoms with Crippen LogP contribution in [0, 0.1) is 6.92 Å². The minimum Gasteiger partial charge on any atom is -0.494 e. The van der Waals surface area contributed by atoms with E-state index in [1.54, 1.807) is 11.8 Å². The minimum atomic E-state index is 0.636. The average Bonchev–Trinajstić information content (AvgIpc) is 3.18. The van der Waals surface area contributed by atoms with Crippen LogP contribution in [0.25, 0.3) is 17.1 Å². The van der Waals surface area contributed by atoms with Crippen molar-refractivity contribution in [3.8, 4) is 22.8 Å². The van der Waals surface area contributed by atoms with Gasteiger partial charge in [0.15, 0.2) is 11.0 Å². The Balaban J connectivity index is 1.73. The molecule has 1 heterocycles. The molecule has 0 bridgehead atoms. The van der Waals surface area contributed by atoms with E-state index in [0.29, 0.717) is 11.6 Å². The summed E-state index contributed by atoms with van der Waals surface area (Å²) >= 11 is 7.90. The summed E-state index contributed by atoms with van der Waals surface area (Å²) in [7, 11) is 0. The molecule has 0 amide bonds. The van der Waals surface area contributed by atoms with Crippen molar-refractivity contribution in [3.63, 3.8) is 0 Å². The molecule has 0 N–H and O–H groups in total. The molecule has 0 aliphatic carbocycles. The zero-order valence-corrected chi connectivity index (χ0v) is 18.5. The molecule has 6 heteroatoms. The Labute approximate surface area is 185 Å². The molecule has 152 valence electrons. The van der Waals surface area contributed by atoms with E-state index in [4.69, 9.17) is 16.3 Å². The minimum absolute atomic E-state index is 0.636. The third kappa shape index (κ3) is 4.53. The van der Waals surface area contributed by atoms with Crippen molar-refractivity contribution in [2.24, 2.45) is 0 Å². The number of hydrogen-bond donors (Lipinski definition) is 0. The molecule has 4 aromatic rings. The van der Waals surface area contributed by atoms with Crippen LogP contribution in [0.5, 0.6) is 5.75 Å². The Morgan fingerprint density at radius 3 is 2.50 bits per heavy atom. The molecule has 4 nitrogen and oxygen atoms in total. The second-order valence-electron chi connectivity index (χ2n) is 6.79. The summed E-state index contributed by atoms with van der Waals surface area (Å²) < 4.78 is 7.67. The number of ether oxygens (including phenoxy) is 1. The largest absolute Gasteiger partial charge is 0.494 e. The SMILES string of the molecule is CCOc1ccc(-n2c(SCc3ccccc3C)nnc2-c2cccc(Cl)c2)cc1. The smallest absolute Gasteiger partial charge is 0.196 e. The lowest BCUT2D eigenvalue weighted by atomic mass is 10.1. The summed E-state index contributed by atoms with van der Waals surface area (Å²) in [4.78, 5) is 0. The molecule has 0 fully saturated rings. The molecule has 4 rings (SSSR count). The highest BCUT2D eigenvalue weighted by atomic mass is 35.5. The van der Waals surface area contributed by atoms with Gasteiger partial charge in [-0.2, -0.15) is 0 Å². The summed E-state index contributed by atoms with van der Waals surface area (Å²) in [5.41, 5.74) is 4.46. The van der Waals surface area contributed by atoms with Crippen molar-refractivity contribution in [3.05, 3.63) is 88.9 Å². The molecular weight excluding hydrogens is 414 g/mol. The van der Waals surface area contributed by atoms with E-state index in [-0.39, 0.29) is 0 Å². The number of thioether (sulfide) groups is 1. The van der Waals surface area contributed by atoms with Crippen LogP contribution in [0.4, 0.5) is 0 Å². The molecule has 0 aliphatic rings. The zero-order valence-electron chi connectivity index (χ0n) is 16.9. The van der Waals surface area contributed by atoms with Crippen molar-refractivity contribution in [2.45, 2.75) is 24.8 Å². The monoisotopic (exact) mass is 435 g/mol. The van der Waals surface area contributed by atoms with Gasteiger partial charge in [-0.25, -0.2) is 0 Å². The van der Waals surface area contributed by atoms with Crippen LogP contribution in [-0.4, -0.2) is 21.4 Å². The molecule has 0 saturated heterocycles. The van der Waals surface area contributed by atoms with Gasteiger partial charge in [0.05, 0.1) is 6.61 Å². The molecule has 0 atom stereocenters. The van der Waals surface area contributed by atoms with Gasteiger partial charge < -0.3 is 4.74 Å². The second kappa shape index (κ2) is 9.37. The Kier molecular flexibility index (Phi) is 6.41. The summed E-state index contributed by atoms with van der Waals surface area (Å²) in [6.45, 7) is 4.74. The normalized spacial score (nSPS) is 10.9. The quantitative estimate of drug-likeness (QED) is 0.307. The standard InChI is InChI=1S/C24H22ClN3OS/c1-3-29-22-13-11-21(12-14-22)28-23(18-9-6-10-20(25)15-18)26-27-24(28)30-16-19-8-5-4-7-17(19)2/h4-15H,3,16H2,1-2H3. The maximum Gasteiger partial charge on any atom is 0.196 e. The first-order chi connectivity index (χ1) is 14.7. The Bertz CT molecular complexity index is 1140. The topological polar surface area (TPSA) is 39.9 Å². The van der Waals surface area contributed by atoms with Crippen LogP contribution < -0.4 is 4.74 Å². The van der Waals surface area contributed by atoms with Crippen molar-refractivity contribution >= 4 is 23.4 Å². The van der Waals surface area contributed by atoms with E-state index in [9.17, 15) is 0 Å². The van der Waals surface area contributed by atoms with Crippen molar-refractivity contribution in [2.75, 3.05) is 6.61 Å². The van der Waals surface area contributed by atoms with Crippen LogP contribution in [0.2, 0.25) is 5.02 Å². The third-order valence-electron chi connectivity index (χ3n) is 4.74. The van der Waals surface area contributed by atoms with E-state index in [0.717, 1.165) is 33.7 Å². The van der Waals surface area contributed by atoms with Crippen LogP contribution in [-0.2, 0) is 5.75 Å². The van der Waals surface area contributed by atoms with Gasteiger partial charge >= 0.3 is 0 Å². The lowest BCUT2D eigenvalue weighted by molar-refractivity contribution is 0.340. The van der Waals surface area contributed by atoms with Gasteiger partial charge in [0, 0.05) is 22.0 Å². The highest BCUT2D eigenvalue weighted by molar-refractivity contribution is 7.98. The van der Waals surface area contributed by atoms with Gasteiger partial charge in [-0.1, -0.05) is 59.8 Å². The lowest BCUT2D eigenvalue weighted by Crippen LogP contribution is -2.00. The molecule has 0 spiro atoms. The molecule has 0 saturated carbocycles. The van der Waals surface area contributed by atoms with E-state index >= 15 is 0 Å². The van der Waals surface area contributed by atoms with Crippen LogP contribution in [0.1, 0.15) is 18.1 Å². The molecular formula is C24H22ClN3OS. The fourth-order valence-corrected chi connectivity index (χ4v) is 4.40. The molecule has 30 heavy (non-hydrogen) atoms. The maximum atomic E-state index is 6.23. The Morgan fingerprint density at radius 1 is 0.967 bits per heavy atom. The number of rotatable bonds is 7. The van der Waals surface area contributed by atoms with E-state index in [1.807, 2.05) is 55.5 Å². The number of halogens is 1. The van der Waals surface area contributed by atoms with Gasteiger partial charge in [-0.3, -0.25) is 4.57 Å². The number of hydrogen-bond acceptors (Lipinski definition) is 4. The molecule has 0 unspecified atom stereocenters. The number of benzene rings is 3. The summed E-state index contributed by atoms with van der Waals surface area (Å²) in [6, 6.07) is 24.1. The summed E-state index contributed by atoms with van der Waals surface area (Å²) in [5, 5.41) is 10.5. The van der Waals surface area contributed by atoms with Crippen molar-refractivity contribution in [1.29, 1.82) is 0 Å². The first-order valence-corrected chi connectivity index (χ1v) is 11.1. The van der Waals surface area contributed by atoms with Gasteiger partial charge in [0.2, 0.25) is 0 Å².